The Balaban J connectivity index is 3.10. The van der Waals surface area contributed by atoms with Gasteiger partial charge in [-0.05, 0) is 19.3 Å². The SMILES string of the molecule is NCCOCC(=O)NCCCCCO. The van der Waals surface area contributed by atoms with Gasteiger partial charge in [-0.2, -0.15) is 0 Å². The van der Waals surface area contributed by atoms with Crippen LogP contribution in [0.1, 0.15) is 19.3 Å². The van der Waals surface area contributed by atoms with Gasteiger partial charge >= 0.3 is 0 Å². The maximum Gasteiger partial charge on any atom is 0.245 e. The number of carbonyl (C=O) groups is 1. The fourth-order valence-electron chi connectivity index (χ4n) is 0.941. The van der Waals surface area contributed by atoms with E-state index in [4.69, 9.17) is 15.6 Å². The van der Waals surface area contributed by atoms with Gasteiger partial charge in [0, 0.05) is 19.7 Å². The van der Waals surface area contributed by atoms with Crippen LogP contribution in [0.2, 0.25) is 0 Å². The Morgan fingerprint density at radius 2 is 2.14 bits per heavy atom. The Hall–Kier alpha value is -0.650. The van der Waals surface area contributed by atoms with Gasteiger partial charge in [-0.15, -0.1) is 0 Å². The molecular weight excluding hydrogens is 184 g/mol. The van der Waals surface area contributed by atoms with Crippen molar-refractivity contribution in [1.29, 1.82) is 0 Å². The Morgan fingerprint density at radius 1 is 1.36 bits per heavy atom. The molecule has 0 aliphatic heterocycles. The third-order valence-corrected chi connectivity index (χ3v) is 1.65. The second-order valence-electron chi connectivity index (χ2n) is 2.98. The van der Waals surface area contributed by atoms with E-state index in [1.54, 1.807) is 0 Å². The highest BCUT2D eigenvalue weighted by Crippen LogP contribution is 1.91. The number of ether oxygens (including phenoxy) is 1. The van der Waals surface area contributed by atoms with Gasteiger partial charge in [0.25, 0.3) is 0 Å². The summed E-state index contributed by atoms with van der Waals surface area (Å²) in [5.74, 6) is -0.109. The molecule has 14 heavy (non-hydrogen) atoms. The Labute approximate surface area is 84.6 Å². The first kappa shape index (κ1) is 13.4. The van der Waals surface area contributed by atoms with Gasteiger partial charge in [0.15, 0.2) is 0 Å². The van der Waals surface area contributed by atoms with Crippen molar-refractivity contribution in [2.45, 2.75) is 19.3 Å². The first-order valence-corrected chi connectivity index (χ1v) is 4.96. The normalized spacial score (nSPS) is 10.1. The molecule has 0 aromatic rings. The number of unbranched alkanes of at least 4 members (excludes halogenated alkanes) is 2. The van der Waals surface area contributed by atoms with Gasteiger partial charge in [0.05, 0.1) is 6.61 Å². The van der Waals surface area contributed by atoms with Crippen LogP contribution in [-0.4, -0.2) is 43.9 Å². The van der Waals surface area contributed by atoms with E-state index >= 15 is 0 Å². The molecule has 0 heterocycles. The van der Waals surface area contributed by atoms with E-state index in [9.17, 15) is 4.79 Å². The molecule has 0 atom stereocenters. The highest BCUT2D eigenvalue weighted by molar-refractivity contribution is 5.77. The average Bonchev–Trinajstić information content (AvgIpc) is 2.18. The molecule has 0 unspecified atom stereocenters. The van der Waals surface area contributed by atoms with Crippen molar-refractivity contribution in [1.82, 2.24) is 5.32 Å². The number of hydrogen-bond acceptors (Lipinski definition) is 4. The molecule has 84 valence electrons. The summed E-state index contributed by atoms with van der Waals surface area (Å²) in [5.41, 5.74) is 5.19. The summed E-state index contributed by atoms with van der Waals surface area (Å²) in [6, 6.07) is 0. The number of carbonyl (C=O) groups excluding carboxylic acids is 1. The molecule has 1 amide bonds. The van der Waals surface area contributed by atoms with Gasteiger partial charge < -0.3 is 20.9 Å². The minimum absolute atomic E-state index is 0.0806. The van der Waals surface area contributed by atoms with Crippen LogP contribution in [0, 0.1) is 0 Å². The van der Waals surface area contributed by atoms with E-state index in [1.165, 1.54) is 0 Å². The van der Waals surface area contributed by atoms with E-state index in [-0.39, 0.29) is 19.1 Å². The summed E-state index contributed by atoms with van der Waals surface area (Å²) in [6.07, 6.45) is 2.61. The van der Waals surface area contributed by atoms with Crippen molar-refractivity contribution in [3.05, 3.63) is 0 Å². The first-order chi connectivity index (χ1) is 6.81. The lowest BCUT2D eigenvalue weighted by atomic mass is 10.2. The Bertz CT molecular complexity index is 142. The van der Waals surface area contributed by atoms with Gasteiger partial charge in [0.2, 0.25) is 5.91 Å². The molecule has 0 aromatic carbocycles. The van der Waals surface area contributed by atoms with Crippen LogP contribution in [0.15, 0.2) is 0 Å². The smallest absolute Gasteiger partial charge is 0.245 e. The maximum atomic E-state index is 11.0. The molecule has 0 radical (unpaired) electrons. The minimum atomic E-state index is -0.109. The average molecular weight is 204 g/mol. The van der Waals surface area contributed by atoms with E-state index in [1.807, 2.05) is 0 Å². The predicted molar refractivity (Wildman–Crippen MR) is 53.8 cm³/mol. The van der Waals surface area contributed by atoms with Gasteiger partial charge in [-0.25, -0.2) is 0 Å². The third-order valence-electron chi connectivity index (χ3n) is 1.65. The van der Waals surface area contributed by atoms with Crippen LogP contribution in [0.4, 0.5) is 0 Å². The standard InChI is InChI=1S/C9H20N2O3/c10-4-7-14-8-9(13)11-5-2-1-3-6-12/h12H,1-8,10H2,(H,11,13). The van der Waals surface area contributed by atoms with E-state index in [0.717, 1.165) is 19.3 Å². The topological polar surface area (TPSA) is 84.6 Å². The fraction of sp³-hybridized carbons (Fsp3) is 0.889. The quantitative estimate of drug-likeness (QED) is 0.431. The first-order valence-electron chi connectivity index (χ1n) is 4.96. The maximum absolute atomic E-state index is 11.0. The number of amides is 1. The number of aliphatic hydroxyl groups is 1. The van der Waals surface area contributed by atoms with Crippen molar-refractivity contribution in [2.24, 2.45) is 5.73 Å². The largest absolute Gasteiger partial charge is 0.396 e. The molecule has 4 N–H and O–H groups in total. The van der Waals surface area contributed by atoms with Crippen LogP contribution in [-0.2, 0) is 9.53 Å². The summed E-state index contributed by atoms with van der Waals surface area (Å²) < 4.78 is 4.95. The zero-order valence-electron chi connectivity index (χ0n) is 8.50. The summed E-state index contributed by atoms with van der Waals surface area (Å²) in [5, 5.41) is 11.2. The number of nitrogens with one attached hydrogen (secondary N) is 1. The number of nitrogens with two attached hydrogens (primary N) is 1. The van der Waals surface area contributed by atoms with Crippen LogP contribution >= 0.6 is 0 Å². The minimum Gasteiger partial charge on any atom is -0.396 e. The fourth-order valence-corrected chi connectivity index (χ4v) is 0.941. The zero-order chi connectivity index (χ0) is 10.6. The number of aliphatic hydroxyl groups excluding tert-OH is 1. The van der Waals surface area contributed by atoms with Crippen molar-refractivity contribution in [3.63, 3.8) is 0 Å². The lowest BCUT2D eigenvalue weighted by molar-refractivity contribution is -0.125. The molecule has 0 aromatic heterocycles. The van der Waals surface area contributed by atoms with Crippen LogP contribution in [0.25, 0.3) is 0 Å². The molecule has 5 nitrogen and oxygen atoms in total. The third kappa shape index (κ3) is 9.44. The van der Waals surface area contributed by atoms with Crippen LogP contribution in [0.5, 0.6) is 0 Å². The highest BCUT2D eigenvalue weighted by Gasteiger charge is 1.99. The second kappa shape index (κ2) is 10.4. The molecule has 5 heteroatoms. The van der Waals surface area contributed by atoms with Crippen molar-refractivity contribution < 1.29 is 14.6 Å². The van der Waals surface area contributed by atoms with E-state index in [2.05, 4.69) is 5.32 Å². The van der Waals surface area contributed by atoms with Gasteiger partial charge in [-0.3, -0.25) is 4.79 Å². The lowest BCUT2D eigenvalue weighted by Gasteiger charge is -2.04. The van der Waals surface area contributed by atoms with Crippen LogP contribution < -0.4 is 11.1 Å². The summed E-state index contributed by atoms with van der Waals surface area (Å²) in [4.78, 5) is 11.0. The summed E-state index contributed by atoms with van der Waals surface area (Å²) >= 11 is 0. The van der Waals surface area contributed by atoms with E-state index in [0.29, 0.717) is 19.7 Å². The zero-order valence-corrected chi connectivity index (χ0v) is 8.50. The number of rotatable bonds is 9. The van der Waals surface area contributed by atoms with Crippen LogP contribution in [0.3, 0.4) is 0 Å². The Kier molecular flexibility index (Phi) is 9.95. The Morgan fingerprint density at radius 3 is 2.79 bits per heavy atom. The summed E-state index contributed by atoms with van der Waals surface area (Å²) in [6.45, 7) is 1.79. The number of hydrogen-bond donors (Lipinski definition) is 3. The molecule has 0 fully saturated rings. The monoisotopic (exact) mass is 204 g/mol. The summed E-state index contributed by atoms with van der Waals surface area (Å²) in [7, 11) is 0. The molecule has 0 bridgehead atoms. The second-order valence-corrected chi connectivity index (χ2v) is 2.98. The lowest BCUT2D eigenvalue weighted by Crippen LogP contribution is -2.29. The van der Waals surface area contributed by atoms with Crippen molar-refractivity contribution >= 4 is 5.91 Å². The van der Waals surface area contributed by atoms with Gasteiger partial charge in [-0.1, -0.05) is 0 Å². The molecule has 0 aliphatic carbocycles. The molecular formula is C9H20N2O3. The molecule has 0 saturated heterocycles. The van der Waals surface area contributed by atoms with Crippen molar-refractivity contribution in [3.8, 4) is 0 Å². The molecule has 0 aliphatic rings. The predicted octanol–water partition coefficient (Wildman–Crippen LogP) is -0.759. The van der Waals surface area contributed by atoms with Crippen molar-refractivity contribution in [2.75, 3.05) is 32.9 Å². The van der Waals surface area contributed by atoms with E-state index < -0.39 is 0 Å². The molecule has 0 saturated carbocycles. The molecule has 0 spiro atoms. The highest BCUT2D eigenvalue weighted by atomic mass is 16.5. The molecule has 0 rings (SSSR count). The van der Waals surface area contributed by atoms with Gasteiger partial charge in [0.1, 0.15) is 6.61 Å².